The number of hydrogen-bond acceptors (Lipinski definition) is 4. The lowest BCUT2D eigenvalue weighted by Crippen LogP contribution is -2.45. The smallest absolute Gasteiger partial charge is 0.321 e. The van der Waals surface area contributed by atoms with E-state index in [1.807, 2.05) is 0 Å². The number of carbonyl (C=O) groups excluding carboxylic acids is 2. The molecule has 126 valence electrons. The average molecular weight is 327 g/mol. The van der Waals surface area contributed by atoms with Gasteiger partial charge in [-0.15, -0.1) is 6.58 Å². The van der Waals surface area contributed by atoms with E-state index < -0.39 is 18.5 Å². The Bertz CT molecular complexity index is 571. The lowest BCUT2D eigenvalue weighted by molar-refractivity contribution is -0.121. The van der Waals surface area contributed by atoms with E-state index in [1.165, 1.54) is 18.5 Å². The van der Waals surface area contributed by atoms with Crippen molar-refractivity contribution in [3.05, 3.63) is 30.9 Å². The molecule has 1 fully saturated rings. The highest BCUT2D eigenvalue weighted by Gasteiger charge is 2.31. The van der Waals surface area contributed by atoms with Crippen molar-refractivity contribution in [2.75, 3.05) is 13.1 Å². The number of urea groups is 1. The van der Waals surface area contributed by atoms with Gasteiger partial charge in [-0.05, 0) is 12.8 Å². The first kappa shape index (κ1) is 17.1. The van der Waals surface area contributed by atoms with Gasteiger partial charge in [0.1, 0.15) is 5.82 Å². The van der Waals surface area contributed by atoms with Gasteiger partial charge in [0.2, 0.25) is 5.91 Å². The van der Waals surface area contributed by atoms with Crippen molar-refractivity contribution in [2.24, 2.45) is 0 Å². The molecule has 7 nitrogen and oxygen atoms in total. The molecule has 2 N–H and O–H groups in total. The summed E-state index contributed by atoms with van der Waals surface area (Å²) in [6.07, 6.45) is 5.78. The molecule has 0 atom stereocenters. The van der Waals surface area contributed by atoms with Gasteiger partial charge in [0.25, 0.3) is 0 Å². The van der Waals surface area contributed by atoms with E-state index in [2.05, 4.69) is 22.2 Å². The molecule has 1 aliphatic rings. The number of alkyl halides is 2. The summed E-state index contributed by atoms with van der Waals surface area (Å²) < 4.78 is 26.5. The Labute approximate surface area is 132 Å². The number of nitrogens with one attached hydrogen (secondary N) is 2. The molecule has 1 aliphatic carbocycles. The largest absolute Gasteiger partial charge is 0.334 e. The molecular formula is C14H19F2N5O2. The van der Waals surface area contributed by atoms with Gasteiger partial charge >= 0.3 is 12.6 Å². The van der Waals surface area contributed by atoms with Crippen molar-refractivity contribution in [3.63, 3.8) is 0 Å². The highest BCUT2D eigenvalue weighted by molar-refractivity contribution is 5.95. The molecule has 1 saturated carbocycles. The Hall–Kier alpha value is -2.29. The summed E-state index contributed by atoms with van der Waals surface area (Å²) in [6, 6.07) is -0.459. The van der Waals surface area contributed by atoms with Crippen LogP contribution in [-0.4, -0.2) is 45.5 Å². The number of imidazole rings is 1. The third-order valence-corrected chi connectivity index (χ3v) is 3.37. The first-order chi connectivity index (χ1) is 11.0. The van der Waals surface area contributed by atoms with Crippen molar-refractivity contribution in [1.29, 1.82) is 0 Å². The highest BCUT2D eigenvalue weighted by atomic mass is 19.3. The fourth-order valence-electron chi connectivity index (χ4n) is 2.14. The van der Waals surface area contributed by atoms with E-state index in [-0.39, 0.29) is 31.5 Å². The number of imide groups is 1. The Morgan fingerprint density at radius 2 is 2.26 bits per heavy atom. The van der Waals surface area contributed by atoms with Crippen LogP contribution in [0.4, 0.5) is 13.6 Å². The molecular weight excluding hydrogens is 308 g/mol. The summed E-state index contributed by atoms with van der Waals surface area (Å²) >= 11 is 0. The number of nitrogens with zero attached hydrogens (tertiary/aromatic N) is 3. The Morgan fingerprint density at radius 3 is 2.87 bits per heavy atom. The predicted octanol–water partition coefficient (Wildman–Crippen LogP) is 1.25. The molecule has 2 rings (SSSR count). The van der Waals surface area contributed by atoms with E-state index >= 15 is 0 Å². The van der Waals surface area contributed by atoms with Crippen molar-refractivity contribution in [2.45, 2.75) is 32.0 Å². The van der Waals surface area contributed by atoms with Crippen molar-refractivity contribution < 1.29 is 18.4 Å². The lowest BCUT2D eigenvalue weighted by Gasteiger charge is -2.21. The fourth-order valence-corrected chi connectivity index (χ4v) is 2.14. The highest BCUT2D eigenvalue weighted by Crippen LogP contribution is 2.28. The minimum atomic E-state index is -2.67. The van der Waals surface area contributed by atoms with E-state index in [0.29, 0.717) is 0 Å². The molecule has 1 aromatic heterocycles. The molecule has 1 heterocycles. The summed E-state index contributed by atoms with van der Waals surface area (Å²) in [5.41, 5.74) is 0. The molecule has 23 heavy (non-hydrogen) atoms. The minimum Gasteiger partial charge on any atom is -0.334 e. The maximum absolute atomic E-state index is 12.8. The maximum atomic E-state index is 12.8. The van der Waals surface area contributed by atoms with Crippen molar-refractivity contribution in [3.8, 4) is 0 Å². The molecule has 0 aliphatic heterocycles. The van der Waals surface area contributed by atoms with Gasteiger partial charge in [0.15, 0.2) is 0 Å². The Balaban J connectivity index is 1.91. The molecule has 0 spiro atoms. The zero-order valence-corrected chi connectivity index (χ0v) is 12.5. The van der Waals surface area contributed by atoms with Crippen LogP contribution in [0, 0.1) is 0 Å². The molecule has 0 unspecified atom stereocenters. The van der Waals surface area contributed by atoms with Gasteiger partial charge in [-0.2, -0.15) is 8.78 Å². The first-order valence-electron chi connectivity index (χ1n) is 7.23. The van der Waals surface area contributed by atoms with Gasteiger partial charge in [-0.1, -0.05) is 6.08 Å². The van der Waals surface area contributed by atoms with Crippen LogP contribution in [0.25, 0.3) is 0 Å². The third kappa shape index (κ3) is 5.13. The van der Waals surface area contributed by atoms with Crippen LogP contribution in [0.15, 0.2) is 25.0 Å². The second-order valence-electron chi connectivity index (χ2n) is 5.21. The molecule has 3 amide bonds. The molecule has 0 bridgehead atoms. The van der Waals surface area contributed by atoms with Crippen LogP contribution >= 0.6 is 0 Å². The lowest BCUT2D eigenvalue weighted by atomic mass is 10.4. The summed E-state index contributed by atoms with van der Waals surface area (Å²) in [5, 5.41) is 4.62. The Morgan fingerprint density at radius 1 is 1.52 bits per heavy atom. The third-order valence-electron chi connectivity index (χ3n) is 3.37. The SMILES string of the molecule is C=CCNC(=O)NC(=O)CN(Cc1nccn1C(F)F)C1CC1. The molecule has 0 aromatic carbocycles. The zero-order chi connectivity index (χ0) is 16.8. The van der Waals surface area contributed by atoms with Crippen molar-refractivity contribution in [1.82, 2.24) is 25.1 Å². The van der Waals surface area contributed by atoms with E-state index in [0.717, 1.165) is 17.4 Å². The van der Waals surface area contributed by atoms with Gasteiger partial charge in [0, 0.05) is 25.0 Å². The van der Waals surface area contributed by atoms with Crippen LogP contribution in [0.3, 0.4) is 0 Å². The number of carbonyl (C=O) groups is 2. The van der Waals surface area contributed by atoms with E-state index in [9.17, 15) is 18.4 Å². The summed E-state index contributed by atoms with van der Waals surface area (Å²) in [6.45, 7) is 1.10. The number of hydrogen-bond donors (Lipinski definition) is 2. The maximum Gasteiger partial charge on any atom is 0.321 e. The van der Waals surface area contributed by atoms with E-state index in [1.54, 1.807) is 4.90 Å². The monoisotopic (exact) mass is 327 g/mol. The fraction of sp³-hybridized carbons (Fsp3) is 0.500. The minimum absolute atomic E-state index is 0.0533. The van der Waals surface area contributed by atoms with Gasteiger partial charge in [0.05, 0.1) is 13.1 Å². The summed E-state index contributed by atoms with van der Waals surface area (Å²) in [5.74, 6) is -0.301. The number of aromatic nitrogens is 2. The molecule has 0 radical (unpaired) electrons. The summed E-state index contributed by atoms with van der Waals surface area (Å²) in [7, 11) is 0. The van der Waals surface area contributed by atoms with Gasteiger partial charge in [-0.25, -0.2) is 9.78 Å². The van der Waals surface area contributed by atoms with Crippen LogP contribution in [0.5, 0.6) is 0 Å². The molecule has 1 aromatic rings. The topological polar surface area (TPSA) is 79.3 Å². The number of halogens is 2. The molecule has 0 saturated heterocycles. The van der Waals surface area contributed by atoms with Crippen LogP contribution in [-0.2, 0) is 11.3 Å². The van der Waals surface area contributed by atoms with Crippen LogP contribution < -0.4 is 10.6 Å². The number of amides is 3. The van der Waals surface area contributed by atoms with Crippen LogP contribution in [0.2, 0.25) is 0 Å². The first-order valence-corrected chi connectivity index (χ1v) is 7.23. The second-order valence-corrected chi connectivity index (χ2v) is 5.21. The predicted molar refractivity (Wildman–Crippen MR) is 78.7 cm³/mol. The van der Waals surface area contributed by atoms with Gasteiger partial charge in [-0.3, -0.25) is 19.6 Å². The van der Waals surface area contributed by atoms with Crippen LogP contribution in [0.1, 0.15) is 25.2 Å². The Kier molecular flexibility index (Phi) is 5.80. The van der Waals surface area contributed by atoms with E-state index in [4.69, 9.17) is 0 Å². The summed E-state index contributed by atoms with van der Waals surface area (Å²) in [4.78, 5) is 29.0. The zero-order valence-electron chi connectivity index (χ0n) is 12.5. The average Bonchev–Trinajstić information content (AvgIpc) is 3.23. The van der Waals surface area contributed by atoms with Crippen molar-refractivity contribution >= 4 is 11.9 Å². The second kappa shape index (κ2) is 7.82. The standard InChI is InChI=1S/C14H19F2N5O2/c1-2-5-18-14(23)19-12(22)9-20(10-3-4-10)8-11-17-6-7-21(11)13(15)16/h2,6-7,10,13H,1,3-5,8-9H2,(H2,18,19,22,23). The number of rotatable bonds is 8. The normalized spacial score (nSPS) is 14.1. The van der Waals surface area contributed by atoms with Gasteiger partial charge < -0.3 is 5.32 Å². The quantitative estimate of drug-likeness (QED) is 0.705. The molecule has 9 heteroatoms.